The van der Waals surface area contributed by atoms with Gasteiger partial charge in [-0.15, -0.1) is 0 Å². The number of nitrogens with zero attached hydrogens (tertiary/aromatic N) is 4. The quantitative estimate of drug-likeness (QED) is 0.926. The van der Waals surface area contributed by atoms with Crippen LogP contribution in [0.15, 0.2) is 12.1 Å². The van der Waals surface area contributed by atoms with Crippen LogP contribution in [0, 0.1) is 13.8 Å². The Morgan fingerprint density at radius 2 is 1.96 bits per heavy atom. The van der Waals surface area contributed by atoms with Gasteiger partial charge in [-0.05, 0) is 38.8 Å². The fourth-order valence-corrected chi connectivity index (χ4v) is 4.18. The molecule has 1 saturated heterocycles. The topological polar surface area (TPSA) is 91.8 Å². The fourth-order valence-electron chi connectivity index (χ4n) is 3.04. The van der Waals surface area contributed by atoms with Gasteiger partial charge < -0.3 is 0 Å². The highest BCUT2D eigenvalue weighted by molar-refractivity contribution is 7.88. The van der Waals surface area contributed by atoms with E-state index >= 15 is 0 Å². The minimum atomic E-state index is -3.26. The number of aryl methyl sites for hydroxylation is 2. The van der Waals surface area contributed by atoms with Crippen LogP contribution in [0.25, 0.3) is 11.4 Å². The predicted octanol–water partition coefficient (Wildman–Crippen LogP) is 1.97. The van der Waals surface area contributed by atoms with Gasteiger partial charge in [-0.1, -0.05) is 6.42 Å². The average molecular weight is 335 g/mol. The first-order valence-corrected chi connectivity index (χ1v) is 9.54. The third kappa shape index (κ3) is 3.42. The van der Waals surface area contributed by atoms with Crippen molar-refractivity contribution in [2.24, 2.45) is 0 Å². The number of H-pyrrole nitrogens is 1. The van der Waals surface area contributed by atoms with Gasteiger partial charge in [0.25, 0.3) is 0 Å². The second kappa shape index (κ2) is 6.01. The van der Waals surface area contributed by atoms with Crippen LogP contribution in [0.4, 0.5) is 0 Å². The summed E-state index contributed by atoms with van der Waals surface area (Å²) in [6.07, 6.45) is 3.93. The van der Waals surface area contributed by atoms with Gasteiger partial charge >= 0.3 is 0 Å². The van der Waals surface area contributed by atoms with Crippen LogP contribution in [0.1, 0.15) is 42.5 Å². The van der Waals surface area contributed by atoms with Gasteiger partial charge in [0.05, 0.1) is 23.7 Å². The van der Waals surface area contributed by atoms with E-state index in [2.05, 4.69) is 20.2 Å². The molecule has 1 N–H and O–H groups in total. The molecular formula is C15H21N5O2S. The maximum atomic E-state index is 12.1. The smallest absolute Gasteiger partial charge is 0.211 e. The van der Waals surface area contributed by atoms with Gasteiger partial charge in [0, 0.05) is 12.2 Å². The van der Waals surface area contributed by atoms with Crippen molar-refractivity contribution in [2.45, 2.75) is 39.2 Å². The highest BCUT2D eigenvalue weighted by atomic mass is 32.2. The molecule has 8 heteroatoms. The number of aromatic nitrogens is 4. The lowest BCUT2D eigenvalue weighted by Crippen LogP contribution is -2.38. The molecule has 0 spiro atoms. The first-order chi connectivity index (χ1) is 10.8. The number of rotatable bonds is 3. The highest BCUT2D eigenvalue weighted by Crippen LogP contribution is 2.33. The monoisotopic (exact) mass is 335 g/mol. The molecule has 0 aliphatic carbocycles. The van der Waals surface area contributed by atoms with Gasteiger partial charge in [-0.25, -0.2) is 18.4 Å². The standard InChI is InChI=1S/C15H21N5O2S/c1-10-8-13(19-18-10)12-9-14(17-11(2)16-12)15-6-4-5-7-20(15)23(3,21)22/h8-9,15H,4-7H2,1-3H3,(H,18,19). The van der Waals surface area contributed by atoms with Crippen molar-refractivity contribution < 1.29 is 8.42 Å². The number of aromatic amines is 1. The Morgan fingerprint density at radius 1 is 1.17 bits per heavy atom. The van der Waals surface area contributed by atoms with E-state index in [0.717, 1.165) is 42.0 Å². The molecule has 1 aliphatic rings. The van der Waals surface area contributed by atoms with E-state index in [0.29, 0.717) is 12.4 Å². The van der Waals surface area contributed by atoms with Crippen LogP contribution in [0.2, 0.25) is 0 Å². The summed E-state index contributed by atoms with van der Waals surface area (Å²) in [5, 5.41) is 7.14. The molecule has 7 nitrogen and oxygen atoms in total. The lowest BCUT2D eigenvalue weighted by atomic mass is 10.0. The highest BCUT2D eigenvalue weighted by Gasteiger charge is 2.32. The summed E-state index contributed by atoms with van der Waals surface area (Å²) in [6.45, 7) is 4.29. The largest absolute Gasteiger partial charge is 0.282 e. The van der Waals surface area contributed by atoms with Gasteiger partial charge in [0.15, 0.2) is 0 Å². The zero-order chi connectivity index (χ0) is 16.6. The molecule has 1 fully saturated rings. The van der Waals surface area contributed by atoms with Crippen LogP contribution in [-0.2, 0) is 10.0 Å². The summed E-state index contributed by atoms with van der Waals surface area (Å²) < 4.78 is 25.7. The molecule has 3 rings (SSSR count). The van der Waals surface area contributed by atoms with Crippen molar-refractivity contribution in [2.75, 3.05) is 12.8 Å². The summed E-state index contributed by atoms with van der Waals surface area (Å²) in [7, 11) is -3.26. The number of hydrogen-bond donors (Lipinski definition) is 1. The van der Waals surface area contributed by atoms with E-state index in [1.807, 2.05) is 26.0 Å². The second-order valence-electron chi connectivity index (χ2n) is 6.05. The third-order valence-corrected chi connectivity index (χ3v) is 5.34. The third-order valence-electron chi connectivity index (χ3n) is 4.05. The van der Waals surface area contributed by atoms with Gasteiger partial charge in [-0.2, -0.15) is 9.40 Å². The zero-order valence-corrected chi connectivity index (χ0v) is 14.4. The lowest BCUT2D eigenvalue weighted by Gasteiger charge is -2.33. The number of hydrogen-bond acceptors (Lipinski definition) is 5. The van der Waals surface area contributed by atoms with E-state index in [4.69, 9.17) is 0 Å². The Morgan fingerprint density at radius 3 is 2.61 bits per heavy atom. The van der Waals surface area contributed by atoms with Crippen molar-refractivity contribution in [1.82, 2.24) is 24.5 Å². The number of nitrogens with one attached hydrogen (secondary N) is 1. The molecule has 0 aromatic carbocycles. The lowest BCUT2D eigenvalue weighted by molar-refractivity contribution is 0.252. The summed E-state index contributed by atoms with van der Waals surface area (Å²) in [6, 6.07) is 3.55. The zero-order valence-electron chi connectivity index (χ0n) is 13.6. The summed E-state index contributed by atoms with van der Waals surface area (Å²) in [4.78, 5) is 8.94. The van der Waals surface area contributed by atoms with Crippen molar-refractivity contribution in [1.29, 1.82) is 0 Å². The van der Waals surface area contributed by atoms with E-state index < -0.39 is 10.0 Å². The van der Waals surface area contributed by atoms with Crippen molar-refractivity contribution in [3.63, 3.8) is 0 Å². The summed E-state index contributed by atoms with van der Waals surface area (Å²) in [5.41, 5.74) is 3.17. The number of piperidine rings is 1. The number of sulfonamides is 1. The van der Waals surface area contributed by atoms with Crippen LogP contribution in [0.5, 0.6) is 0 Å². The second-order valence-corrected chi connectivity index (χ2v) is 7.98. The molecule has 124 valence electrons. The van der Waals surface area contributed by atoms with Gasteiger partial charge in [0.2, 0.25) is 10.0 Å². The summed E-state index contributed by atoms with van der Waals surface area (Å²) in [5.74, 6) is 0.622. The van der Waals surface area contributed by atoms with Crippen LogP contribution >= 0.6 is 0 Å². The van der Waals surface area contributed by atoms with E-state index in [1.54, 1.807) is 4.31 Å². The molecule has 2 aromatic heterocycles. The Labute approximate surface area is 136 Å². The Hall–Kier alpha value is -1.80. The fraction of sp³-hybridized carbons (Fsp3) is 0.533. The van der Waals surface area contributed by atoms with Crippen molar-refractivity contribution >= 4 is 10.0 Å². The molecule has 0 amide bonds. The molecule has 1 atom stereocenters. The van der Waals surface area contributed by atoms with E-state index in [-0.39, 0.29) is 6.04 Å². The molecule has 3 heterocycles. The molecule has 1 aliphatic heterocycles. The Kier molecular flexibility index (Phi) is 4.20. The van der Waals surface area contributed by atoms with Crippen LogP contribution in [0.3, 0.4) is 0 Å². The molecule has 0 saturated carbocycles. The molecule has 2 aromatic rings. The summed E-state index contributed by atoms with van der Waals surface area (Å²) >= 11 is 0. The van der Waals surface area contributed by atoms with Gasteiger partial charge in [-0.3, -0.25) is 5.10 Å². The Bertz CT molecular complexity index is 815. The minimum Gasteiger partial charge on any atom is -0.282 e. The SMILES string of the molecule is Cc1nc(-c2cc(C)[nH]n2)cc(C2CCCCN2S(C)(=O)=O)n1. The van der Waals surface area contributed by atoms with Crippen molar-refractivity contribution in [3.8, 4) is 11.4 Å². The molecule has 23 heavy (non-hydrogen) atoms. The molecule has 0 radical (unpaired) electrons. The van der Waals surface area contributed by atoms with Crippen molar-refractivity contribution in [3.05, 3.63) is 29.3 Å². The maximum Gasteiger partial charge on any atom is 0.211 e. The first-order valence-electron chi connectivity index (χ1n) is 7.69. The Balaban J connectivity index is 2.03. The average Bonchev–Trinajstić information content (AvgIpc) is 2.92. The predicted molar refractivity (Wildman–Crippen MR) is 87.2 cm³/mol. The van der Waals surface area contributed by atoms with E-state index in [1.165, 1.54) is 6.26 Å². The van der Waals surface area contributed by atoms with E-state index in [9.17, 15) is 8.42 Å². The normalized spacial score (nSPS) is 19.9. The molecule has 1 unspecified atom stereocenters. The molecule has 0 bridgehead atoms. The minimum absolute atomic E-state index is 0.223. The maximum absolute atomic E-state index is 12.1. The molecular weight excluding hydrogens is 314 g/mol. The van der Waals surface area contributed by atoms with Crippen LogP contribution in [-0.4, -0.2) is 45.7 Å². The van der Waals surface area contributed by atoms with Crippen LogP contribution < -0.4 is 0 Å². The first kappa shape index (κ1) is 16.1. The van der Waals surface area contributed by atoms with Gasteiger partial charge in [0.1, 0.15) is 11.5 Å².